The fraction of sp³-hybridized carbons (Fsp3) is 0.385. The third-order valence-electron chi connectivity index (χ3n) is 6.68. The molecule has 1 unspecified atom stereocenters. The summed E-state index contributed by atoms with van der Waals surface area (Å²) >= 11 is 5.64. The van der Waals surface area contributed by atoms with Crippen molar-refractivity contribution < 1.29 is 31.6 Å². The van der Waals surface area contributed by atoms with E-state index in [1.54, 1.807) is 26.0 Å². The van der Waals surface area contributed by atoms with Crippen molar-refractivity contribution in [2.75, 3.05) is 41.8 Å². The second-order valence-electron chi connectivity index (χ2n) is 9.58. The van der Waals surface area contributed by atoms with E-state index in [9.17, 15) is 22.2 Å². The molecular weight excluding hydrogens is 585 g/mol. The van der Waals surface area contributed by atoms with Crippen molar-refractivity contribution in [3.63, 3.8) is 0 Å². The zero-order valence-electron chi connectivity index (χ0n) is 22.0. The van der Waals surface area contributed by atoms with E-state index in [0.29, 0.717) is 61.4 Å². The summed E-state index contributed by atoms with van der Waals surface area (Å²) in [6, 6.07) is 7.00. The summed E-state index contributed by atoms with van der Waals surface area (Å²) in [6.45, 7) is 5.79. The summed E-state index contributed by atoms with van der Waals surface area (Å²) in [4.78, 5) is 28.1. The molecule has 3 heterocycles. The molecule has 1 atom stereocenters. The van der Waals surface area contributed by atoms with Crippen LogP contribution in [0.5, 0.6) is 0 Å². The fourth-order valence-electron chi connectivity index (χ4n) is 4.59. The molecule has 2 aromatic carbocycles. The van der Waals surface area contributed by atoms with Crippen molar-refractivity contribution in [2.24, 2.45) is 0 Å². The number of aryl methyl sites for hydroxylation is 2. The molecular formula is C26H26ClF3N6O4S. The molecule has 2 amide bonds. The van der Waals surface area contributed by atoms with E-state index >= 15 is 0 Å². The van der Waals surface area contributed by atoms with Gasteiger partial charge in [-0.1, -0.05) is 17.7 Å². The third-order valence-corrected chi connectivity index (χ3v) is 8.36. The van der Waals surface area contributed by atoms with E-state index in [1.165, 1.54) is 12.1 Å². The first-order chi connectivity index (χ1) is 19.4. The summed E-state index contributed by atoms with van der Waals surface area (Å²) in [5.41, 5.74) is -0.235. The van der Waals surface area contributed by atoms with Crippen molar-refractivity contribution in [2.45, 2.75) is 48.7 Å². The molecule has 218 valence electrons. The van der Waals surface area contributed by atoms with Gasteiger partial charge >= 0.3 is 12.2 Å². The number of benzene rings is 2. The zero-order valence-corrected chi connectivity index (χ0v) is 23.6. The first-order valence-corrected chi connectivity index (χ1v) is 14.2. The lowest BCUT2D eigenvalue weighted by atomic mass is 10.0. The van der Waals surface area contributed by atoms with Gasteiger partial charge in [0.2, 0.25) is 11.1 Å². The number of hydrogen-bond acceptors (Lipinski definition) is 8. The Morgan fingerprint density at radius 1 is 1.00 bits per heavy atom. The normalized spacial score (nSPS) is 17.5. The molecule has 2 aliphatic heterocycles. The smallest absolute Gasteiger partial charge is 0.347 e. The van der Waals surface area contributed by atoms with Crippen LogP contribution in [0.2, 0.25) is 5.02 Å². The number of urea groups is 1. The summed E-state index contributed by atoms with van der Waals surface area (Å²) in [5.74, 6) is 0.246. The van der Waals surface area contributed by atoms with Gasteiger partial charge in [-0.15, -0.1) is 0 Å². The molecule has 0 radical (unpaired) electrons. The Morgan fingerprint density at radius 2 is 1.63 bits per heavy atom. The minimum atomic E-state index is -4.68. The van der Waals surface area contributed by atoms with Gasteiger partial charge in [0.05, 0.1) is 28.7 Å². The Morgan fingerprint density at radius 3 is 2.29 bits per heavy atom. The number of ether oxygens (including phenoxy) is 2. The topological polar surface area (TPSA) is 119 Å². The van der Waals surface area contributed by atoms with E-state index in [1.807, 2.05) is 4.90 Å². The van der Waals surface area contributed by atoms with Gasteiger partial charge in [0, 0.05) is 37.3 Å². The van der Waals surface area contributed by atoms with Crippen LogP contribution in [0, 0.1) is 13.8 Å². The van der Waals surface area contributed by atoms with Crippen molar-refractivity contribution in [3.8, 4) is 0 Å². The van der Waals surface area contributed by atoms with E-state index in [0.717, 1.165) is 12.1 Å². The Kier molecular flexibility index (Phi) is 8.19. The fourth-order valence-corrected chi connectivity index (χ4v) is 5.99. The lowest BCUT2D eigenvalue weighted by molar-refractivity contribution is -0.169. The van der Waals surface area contributed by atoms with Crippen LogP contribution in [-0.4, -0.2) is 57.3 Å². The summed E-state index contributed by atoms with van der Waals surface area (Å²) < 4.78 is 64.6. The first kappa shape index (κ1) is 29.2. The van der Waals surface area contributed by atoms with Gasteiger partial charge in [-0.2, -0.15) is 23.1 Å². The quantitative estimate of drug-likeness (QED) is 0.399. The largest absolute Gasteiger partial charge is 0.417 e. The number of carbonyl (C=O) groups is 1. The molecule has 2 fully saturated rings. The van der Waals surface area contributed by atoms with Crippen molar-refractivity contribution >= 4 is 45.8 Å². The molecule has 5 rings (SSSR count). The minimum Gasteiger partial charge on any atom is -0.347 e. The number of halogens is 4. The number of carbonyl (C=O) groups excluding carboxylic acids is 1. The Bertz CT molecular complexity index is 1490. The standard InChI is InChI=1S/C26H26ClF3N6O4S/c1-15-3-4-18(34-23(37)33-17-5-6-20(27)19(13-17)26(28,29)30)14-21(15)41(38)24-32-16(2)31-22(35-24)36-9-7-25(8-10-36)39-11-12-40-25/h3-6,13-14H,7-12H2,1-2H3,(H2,33,34,37). The highest BCUT2D eigenvalue weighted by atomic mass is 35.5. The average Bonchev–Trinajstić information content (AvgIpc) is 3.37. The molecule has 0 aliphatic carbocycles. The number of anilines is 3. The van der Waals surface area contributed by atoms with E-state index < -0.39 is 39.4 Å². The summed E-state index contributed by atoms with van der Waals surface area (Å²) in [5, 5.41) is 4.49. The highest BCUT2D eigenvalue weighted by Crippen LogP contribution is 2.36. The predicted octanol–water partition coefficient (Wildman–Crippen LogP) is 5.31. The maximum absolute atomic E-state index is 13.6. The van der Waals surface area contributed by atoms with Crippen LogP contribution in [0.1, 0.15) is 29.8 Å². The monoisotopic (exact) mass is 610 g/mol. The van der Waals surface area contributed by atoms with Gasteiger partial charge in [-0.3, -0.25) is 0 Å². The van der Waals surface area contributed by atoms with Gasteiger partial charge in [0.25, 0.3) is 0 Å². The Hall–Kier alpha value is -3.33. The lowest BCUT2D eigenvalue weighted by Gasteiger charge is -2.37. The SMILES string of the molecule is Cc1nc(N2CCC3(CC2)OCCO3)nc(S(=O)c2cc(NC(=O)Nc3ccc(Cl)c(C(F)(F)F)c3)ccc2C)n1. The highest BCUT2D eigenvalue weighted by Gasteiger charge is 2.40. The van der Waals surface area contributed by atoms with Crippen molar-refractivity contribution in [3.05, 3.63) is 58.4 Å². The second-order valence-corrected chi connectivity index (χ2v) is 11.3. The predicted molar refractivity (Wildman–Crippen MR) is 146 cm³/mol. The van der Waals surface area contributed by atoms with Crippen LogP contribution in [0.25, 0.3) is 0 Å². The third kappa shape index (κ3) is 6.61. The van der Waals surface area contributed by atoms with Gasteiger partial charge in [0.1, 0.15) is 16.6 Å². The molecule has 1 spiro atoms. The maximum atomic E-state index is 13.6. The number of piperidine rings is 1. The van der Waals surface area contributed by atoms with Gasteiger partial charge in [-0.25, -0.2) is 14.0 Å². The number of hydrogen-bond donors (Lipinski definition) is 2. The van der Waals surface area contributed by atoms with Crippen LogP contribution >= 0.6 is 11.6 Å². The Labute approximate surface area is 241 Å². The molecule has 0 bridgehead atoms. The van der Waals surface area contributed by atoms with E-state index in [2.05, 4.69) is 25.6 Å². The van der Waals surface area contributed by atoms with Gasteiger partial charge in [-0.05, 0) is 49.7 Å². The lowest BCUT2D eigenvalue weighted by Crippen LogP contribution is -2.45. The second kappa shape index (κ2) is 11.5. The number of aromatic nitrogens is 3. The first-order valence-electron chi connectivity index (χ1n) is 12.7. The van der Waals surface area contributed by atoms with Gasteiger partial charge in [0.15, 0.2) is 5.79 Å². The molecule has 0 saturated carbocycles. The molecule has 2 N–H and O–H groups in total. The van der Waals surface area contributed by atoms with Crippen molar-refractivity contribution in [1.29, 1.82) is 0 Å². The zero-order chi connectivity index (χ0) is 29.4. The number of nitrogens with zero attached hydrogens (tertiary/aromatic N) is 4. The molecule has 2 saturated heterocycles. The number of nitrogens with one attached hydrogen (secondary N) is 2. The number of rotatable bonds is 5. The molecule has 2 aliphatic rings. The van der Waals surface area contributed by atoms with Crippen LogP contribution in [0.4, 0.5) is 35.3 Å². The Balaban J connectivity index is 1.30. The van der Waals surface area contributed by atoms with Crippen LogP contribution in [0.3, 0.4) is 0 Å². The molecule has 15 heteroatoms. The summed E-state index contributed by atoms with van der Waals surface area (Å²) in [7, 11) is -1.82. The van der Waals surface area contributed by atoms with Crippen molar-refractivity contribution in [1.82, 2.24) is 15.0 Å². The molecule has 3 aromatic rings. The van der Waals surface area contributed by atoms with Crippen LogP contribution in [-0.2, 0) is 26.4 Å². The maximum Gasteiger partial charge on any atom is 0.417 e. The average molecular weight is 611 g/mol. The molecule has 41 heavy (non-hydrogen) atoms. The van der Waals surface area contributed by atoms with E-state index in [-0.39, 0.29) is 16.5 Å². The number of alkyl halides is 3. The highest BCUT2D eigenvalue weighted by molar-refractivity contribution is 7.85. The molecule has 1 aromatic heterocycles. The van der Waals surface area contributed by atoms with Crippen LogP contribution in [0.15, 0.2) is 46.5 Å². The summed E-state index contributed by atoms with van der Waals surface area (Å²) in [6.07, 6.45) is -3.37. The van der Waals surface area contributed by atoms with Gasteiger partial charge < -0.3 is 25.0 Å². The minimum absolute atomic E-state index is 0.0618. The molecule has 10 nitrogen and oxygen atoms in total. The number of amides is 2. The van der Waals surface area contributed by atoms with Crippen LogP contribution < -0.4 is 15.5 Å². The van der Waals surface area contributed by atoms with E-state index in [4.69, 9.17) is 21.1 Å².